The van der Waals surface area contributed by atoms with Gasteiger partial charge in [-0.3, -0.25) is 5.32 Å². The Balaban J connectivity index is 0.000000640. The normalized spacial score (nSPS) is 7.00. The topological polar surface area (TPSA) is 61.6 Å². The zero-order chi connectivity index (χ0) is 5.82. The van der Waals surface area contributed by atoms with Crippen molar-refractivity contribution in [2.75, 3.05) is 5.32 Å². The molecule has 42 valence electrons. The third-order valence-corrected chi connectivity index (χ3v) is 1.13. The molecule has 0 aliphatic carbocycles. The molecule has 1 aromatic heterocycles. The van der Waals surface area contributed by atoms with E-state index in [0.717, 1.165) is 0 Å². The van der Waals surface area contributed by atoms with E-state index in [0.29, 0.717) is 5.13 Å². The zero-order valence-corrected chi connectivity index (χ0v) is 4.64. The van der Waals surface area contributed by atoms with Crippen molar-refractivity contribution in [1.82, 2.24) is 10.2 Å². The van der Waals surface area contributed by atoms with Gasteiger partial charge in [-0.25, -0.2) is 0 Å². The minimum absolute atomic E-state index is 0. The third kappa shape index (κ3) is 2.77. The first kappa shape index (κ1) is 8.85. The van der Waals surface area contributed by atoms with Crippen LogP contribution >= 0.6 is 11.3 Å². The average Bonchev–Trinajstić information content (AvgIpc) is 2.19. The Morgan fingerprint density at radius 1 is 1.78 bits per heavy atom. The molecule has 0 aliphatic heterocycles. The summed E-state index contributed by atoms with van der Waals surface area (Å²) in [7, 11) is 0. The van der Waals surface area contributed by atoms with Gasteiger partial charge in [0, 0.05) is 0 Å². The zero-order valence-electron chi connectivity index (χ0n) is 3.83. The van der Waals surface area contributed by atoms with E-state index in [1.54, 1.807) is 11.7 Å². The Morgan fingerprint density at radius 3 is 3.00 bits per heavy atom. The van der Waals surface area contributed by atoms with Gasteiger partial charge in [-0.05, 0) is 0 Å². The Bertz CT molecular complexity index is 190. The molecule has 0 spiro atoms. The van der Waals surface area contributed by atoms with Crippen molar-refractivity contribution in [3.05, 3.63) is 5.51 Å². The van der Waals surface area contributed by atoms with Crippen LogP contribution in [0.5, 0.6) is 0 Å². The molecule has 0 bridgehead atoms. The first-order valence-electron chi connectivity index (χ1n) is 1.85. The van der Waals surface area contributed by atoms with Crippen LogP contribution in [-0.2, 0) is 0 Å². The molecule has 1 rings (SSSR count). The Kier molecular flexibility index (Phi) is 4.62. The summed E-state index contributed by atoms with van der Waals surface area (Å²) >= 11 is 1.29. The Morgan fingerprint density at radius 2 is 2.56 bits per heavy atom. The van der Waals surface area contributed by atoms with Crippen molar-refractivity contribution in [1.29, 1.82) is 5.26 Å². The quantitative estimate of drug-likeness (QED) is 0.341. The van der Waals surface area contributed by atoms with E-state index in [4.69, 9.17) is 5.26 Å². The summed E-state index contributed by atoms with van der Waals surface area (Å²) in [6, 6.07) is 0. The number of hydrogen-bond donors (Lipinski definition) is 1. The Hall–Kier alpha value is -0.150. The van der Waals surface area contributed by atoms with E-state index in [9.17, 15) is 0 Å². The first-order valence-corrected chi connectivity index (χ1v) is 2.72. The average molecular weight is 150 g/mol. The standard InChI is InChI=1S/C3H2N4S.Na.H/c4-1-5-3-7-6-2-8-3;;/h2H,(H,5,7);;. The molecule has 4 nitrogen and oxygen atoms in total. The molecule has 1 heterocycles. The maximum absolute atomic E-state index is 8.02. The van der Waals surface area contributed by atoms with Crippen LogP contribution in [0.4, 0.5) is 5.13 Å². The summed E-state index contributed by atoms with van der Waals surface area (Å²) in [4.78, 5) is 0. The van der Waals surface area contributed by atoms with Crippen molar-refractivity contribution >= 4 is 46.0 Å². The van der Waals surface area contributed by atoms with E-state index < -0.39 is 0 Å². The van der Waals surface area contributed by atoms with Gasteiger partial charge >= 0.3 is 29.6 Å². The van der Waals surface area contributed by atoms with Crippen LogP contribution in [0.2, 0.25) is 0 Å². The van der Waals surface area contributed by atoms with Crippen LogP contribution in [0, 0.1) is 11.5 Å². The van der Waals surface area contributed by atoms with Crippen LogP contribution < -0.4 is 5.32 Å². The van der Waals surface area contributed by atoms with Gasteiger partial charge < -0.3 is 0 Å². The second kappa shape index (κ2) is 4.70. The molecule has 0 radical (unpaired) electrons. The van der Waals surface area contributed by atoms with Crippen LogP contribution in [0.3, 0.4) is 0 Å². The fraction of sp³-hybridized carbons (Fsp3) is 0. The van der Waals surface area contributed by atoms with Crippen molar-refractivity contribution in [3.8, 4) is 6.19 Å². The first-order chi connectivity index (χ1) is 3.93. The predicted octanol–water partition coefficient (Wildman–Crippen LogP) is -0.217. The van der Waals surface area contributed by atoms with Gasteiger partial charge in [-0.15, -0.1) is 10.2 Å². The van der Waals surface area contributed by atoms with Crippen LogP contribution in [0.15, 0.2) is 5.51 Å². The van der Waals surface area contributed by atoms with Crippen molar-refractivity contribution in [2.45, 2.75) is 0 Å². The van der Waals surface area contributed by atoms with Gasteiger partial charge in [-0.2, -0.15) is 5.26 Å². The number of nitrogens with zero attached hydrogens (tertiary/aromatic N) is 3. The van der Waals surface area contributed by atoms with Crippen LogP contribution in [0.25, 0.3) is 0 Å². The molecule has 1 aromatic rings. The van der Waals surface area contributed by atoms with E-state index >= 15 is 0 Å². The molecular weight excluding hydrogens is 147 g/mol. The molecule has 0 fully saturated rings. The number of nitriles is 1. The van der Waals surface area contributed by atoms with Gasteiger partial charge in [-0.1, -0.05) is 11.3 Å². The van der Waals surface area contributed by atoms with Gasteiger partial charge in [0.2, 0.25) is 5.13 Å². The van der Waals surface area contributed by atoms with Crippen molar-refractivity contribution in [3.63, 3.8) is 0 Å². The van der Waals surface area contributed by atoms with E-state index in [-0.39, 0.29) is 29.6 Å². The summed E-state index contributed by atoms with van der Waals surface area (Å²) in [5, 5.41) is 17.9. The van der Waals surface area contributed by atoms with Gasteiger partial charge in [0.15, 0.2) is 6.19 Å². The predicted molar refractivity (Wildman–Crippen MR) is 36.3 cm³/mol. The minimum atomic E-state index is 0. The SMILES string of the molecule is N#CNc1nncs1.[NaH]. The van der Waals surface area contributed by atoms with E-state index in [1.165, 1.54) is 11.3 Å². The number of anilines is 1. The fourth-order valence-corrected chi connectivity index (χ4v) is 0.668. The molecule has 0 amide bonds. The summed E-state index contributed by atoms with van der Waals surface area (Å²) in [6.45, 7) is 0. The van der Waals surface area contributed by atoms with Gasteiger partial charge in [0.25, 0.3) is 0 Å². The fourth-order valence-electron chi connectivity index (χ4n) is 0.275. The molecule has 0 aliphatic rings. The summed E-state index contributed by atoms with van der Waals surface area (Å²) in [6.07, 6.45) is 1.73. The van der Waals surface area contributed by atoms with E-state index in [1.807, 2.05) is 0 Å². The molecule has 1 N–H and O–H groups in total. The maximum atomic E-state index is 8.02. The van der Waals surface area contributed by atoms with Crippen molar-refractivity contribution < 1.29 is 0 Å². The molecule has 0 saturated heterocycles. The number of nitrogens with one attached hydrogen (secondary N) is 1. The van der Waals surface area contributed by atoms with Crippen LogP contribution in [0.1, 0.15) is 0 Å². The molecular formula is C3H3N4NaS. The molecule has 0 atom stereocenters. The molecule has 0 saturated carbocycles. The second-order valence-electron chi connectivity index (χ2n) is 0.981. The number of aromatic nitrogens is 2. The molecule has 9 heavy (non-hydrogen) atoms. The number of hydrogen-bond acceptors (Lipinski definition) is 5. The molecule has 0 aromatic carbocycles. The van der Waals surface area contributed by atoms with Gasteiger partial charge in [0.1, 0.15) is 5.51 Å². The molecule has 6 heteroatoms. The monoisotopic (exact) mass is 150 g/mol. The van der Waals surface area contributed by atoms with Crippen LogP contribution in [-0.4, -0.2) is 39.8 Å². The second-order valence-corrected chi connectivity index (χ2v) is 1.81. The third-order valence-electron chi connectivity index (χ3n) is 0.523. The van der Waals surface area contributed by atoms with Gasteiger partial charge in [0.05, 0.1) is 0 Å². The van der Waals surface area contributed by atoms with E-state index in [2.05, 4.69) is 15.5 Å². The van der Waals surface area contributed by atoms with Crippen molar-refractivity contribution in [2.24, 2.45) is 0 Å². The summed E-state index contributed by atoms with van der Waals surface area (Å²) < 4.78 is 0. The Labute approximate surface area is 78.2 Å². The summed E-state index contributed by atoms with van der Waals surface area (Å²) in [5.41, 5.74) is 1.56. The number of rotatable bonds is 1. The summed E-state index contributed by atoms with van der Waals surface area (Å²) in [5.74, 6) is 0. The molecule has 0 unspecified atom stereocenters.